The molecule has 0 aliphatic carbocycles. The second-order valence-corrected chi connectivity index (χ2v) is 5.89. The number of benzene rings is 1. The summed E-state index contributed by atoms with van der Waals surface area (Å²) in [6, 6.07) is 7.30. The number of carbonyl (C=O) groups excluding carboxylic acids is 1. The molecule has 3 rings (SSSR count). The third-order valence-corrected chi connectivity index (χ3v) is 4.04. The third kappa shape index (κ3) is 3.31. The number of aryl methyl sites for hydroxylation is 1. The number of halogens is 1. The predicted molar refractivity (Wildman–Crippen MR) is 83.6 cm³/mol. The number of hydrogen-bond donors (Lipinski definition) is 1. The van der Waals surface area contributed by atoms with Crippen molar-refractivity contribution in [3.63, 3.8) is 0 Å². The van der Waals surface area contributed by atoms with E-state index in [0.29, 0.717) is 18.1 Å². The molecule has 0 bridgehead atoms. The highest BCUT2D eigenvalue weighted by Gasteiger charge is 2.33. The van der Waals surface area contributed by atoms with E-state index in [4.69, 9.17) is 16.3 Å². The fourth-order valence-electron chi connectivity index (χ4n) is 2.73. The monoisotopic (exact) mass is 319 g/mol. The summed E-state index contributed by atoms with van der Waals surface area (Å²) in [6.45, 7) is 0.625. The average molecular weight is 320 g/mol. The number of amides is 1. The van der Waals surface area contributed by atoms with Crippen LogP contribution in [0.3, 0.4) is 0 Å². The number of hydrogen-bond acceptors (Lipinski definition) is 3. The third-order valence-electron chi connectivity index (χ3n) is 3.80. The first-order valence-corrected chi connectivity index (χ1v) is 7.64. The van der Waals surface area contributed by atoms with Crippen molar-refractivity contribution in [2.24, 2.45) is 7.05 Å². The first-order chi connectivity index (χ1) is 10.6. The lowest BCUT2D eigenvalue weighted by molar-refractivity contribution is -0.121. The van der Waals surface area contributed by atoms with Crippen LogP contribution in [0, 0.1) is 0 Å². The first kappa shape index (κ1) is 15.1. The maximum atomic E-state index is 12.2. The Kier molecular flexibility index (Phi) is 4.45. The maximum Gasteiger partial charge on any atom is 0.224 e. The van der Waals surface area contributed by atoms with Crippen molar-refractivity contribution in [2.75, 3.05) is 6.61 Å². The molecule has 1 aliphatic rings. The van der Waals surface area contributed by atoms with Gasteiger partial charge in [-0.2, -0.15) is 0 Å². The van der Waals surface area contributed by atoms with Crippen LogP contribution in [-0.4, -0.2) is 28.1 Å². The molecule has 6 heteroatoms. The summed E-state index contributed by atoms with van der Waals surface area (Å²) in [5, 5.41) is 3.69. The van der Waals surface area contributed by atoms with E-state index in [0.717, 1.165) is 17.8 Å². The van der Waals surface area contributed by atoms with Crippen molar-refractivity contribution in [1.82, 2.24) is 14.9 Å². The van der Waals surface area contributed by atoms with Gasteiger partial charge in [0.15, 0.2) is 0 Å². The maximum absolute atomic E-state index is 12.2. The zero-order valence-corrected chi connectivity index (χ0v) is 13.1. The van der Waals surface area contributed by atoms with Gasteiger partial charge in [0.1, 0.15) is 11.9 Å². The molecule has 2 atom stereocenters. The minimum absolute atomic E-state index is 0.0306. The molecule has 1 saturated heterocycles. The van der Waals surface area contributed by atoms with E-state index in [2.05, 4.69) is 10.3 Å². The van der Waals surface area contributed by atoms with Gasteiger partial charge in [-0.1, -0.05) is 23.7 Å². The zero-order chi connectivity index (χ0) is 15.5. The smallest absolute Gasteiger partial charge is 0.224 e. The highest BCUT2D eigenvalue weighted by atomic mass is 35.5. The van der Waals surface area contributed by atoms with Crippen molar-refractivity contribution in [1.29, 1.82) is 0 Å². The summed E-state index contributed by atoms with van der Waals surface area (Å²) in [4.78, 5) is 16.6. The van der Waals surface area contributed by atoms with Gasteiger partial charge in [0.2, 0.25) is 5.91 Å². The minimum Gasteiger partial charge on any atom is -0.368 e. The summed E-state index contributed by atoms with van der Waals surface area (Å²) in [5.74, 6) is 0.808. The van der Waals surface area contributed by atoms with Crippen LogP contribution in [0.4, 0.5) is 0 Å². The highest BCUT2D eigenvalue weighted by Crippen LogP contribution is 2.27. The molecule has 1 fully saturated rings. The Hall–Kier alpha value is -1.85. The minimum atomic E-state index is -0.191. The number of aromatic nitrogens is 2. The number of imidazole rings is 1. The van der Waals surface area contributed by atoms with Crippen molar-refractivity contribution in [3.8, 4) is 0 Å². The summed E-state index contributed by atoms with van der Waals surface area (Å²) >= 11 is 5.94. The van der Waals surface area contributed by atoms with Gasteiger partial charge >= 0.3 is 0 Å². The highest BCUT2D eigenvalue weighted by molar-refractivity contribution is 6.30. The Labute approximate surface area is 134 Å². The molecule has 1 aromatic carbocycles. The topological polar surface area (TPSA) is 56.1 Å². The Balaban J connectivity index is 1.64. The van der Waals surface area contributed by atoms with Crippen molar-refractivity contribution < 1.29 is 9.53 Å². The van der Waals surface area contributed by atoms with E-state index >= 15 is 0 Å². The Bertz CT molecular complexity index is 671. The normalized spacial score (nSPS) is 21.0. The van der Waals surface area contributed by atoms with Crippen molar-refractivity contribution in [3.05, 3.63) is 53.1 Å². The average Bonchev–Trinajstić information content (AvgIpc) is 3.07. The number of rotatable bonds is 4. The molecule has 0 saturated carbocycles. The van der Waals surface area contributed by atoms with Gasteiger partial charge in [0.05, 0.1) is 12.5 Å². The molecule has 1 aliphatic heterocycles. The number of nitrogens with one attached hydrogen (secondary N) is 1. The van der Waals surface area contributed by atoms with E-state index in [9.17, 15) is 4.79 Å². The van der Waals surface area contributed by atoms with E-state index in [1.54, 1.807) is 12.3 Å². The van der Waals surface area contributed by atoms with Gasteiger partial charge in [0, 0.05) is 31.1 Å². The molecule has 0 radical (unpaired) electrons. The van der Waals surface area contributed by atoms with Crippen LogP contribution in [0.25, 0.3) is 0 Å². The van der Waals surface area contributed by atoms with Crippen LogP contribution in [0.15, 0.2) is 36.7 Å². The lowest BCUT2D eigenvalue weighted by Crippen LogP contribution is -2.38. The van der Waals surface area contributed by atoms with Crippen LogP contribution in [0.1, 0.15) is 23.9 Å². The fraction of sp³-hybridized carbons (Fsp3) is 0.375. The van der Waals surface area contributed by atoms with E-state index in [1.807, 2.05) is 36.0 Å². The lowest BCUT2D eigenvalue weighted by Gasteiger charge is -2.19. The molecule has 0 unspecified atom stereocenters. The van der Waals surface area contributed by atoms with Gasteiger partial charge in [-0.15, -0.1) is 0 Å². The van der Waals surface area contributed by atoms with Gasteiger partial charge in [0.25, 0.3) is 0 Å². The molecule has 0 spiro atoms. The largest absolute Gasteiger partial charge is 0.368 e. The Morgan fingerprint density at radius 3 is 3.14 bits per heavy atom. The molecule has 1 N–H and O–H groups in total. The second-order valence-electron chi connectivity index (χ2n) is 5.46. The number of nitrogens with zero attached hydrogens (tertiary/aromatic N) is 2. The molecule has 116 valence electrons. The van der Waals surface area contributed by atoms with Gasteiger partial charge in [-0.25, -0.2) is 4.98 Å². The summed E-state index contributed by atoms with van der Waals surface area (Å²) in [7, 11) is 1.93. The molecule has 1 amide bonds. The summed E-state index contributed by atoms with van der Waals surface area (Å²) in [5.41, 5.74) is 0.900. The molecule has 5 nitrogen and oxygen atoms in total. The van der Waals surface area contributed by atoms with E-state index in [-0.39, 0.29) is 18.1 Å². The van der Waals surface area contributed by atoms with Crippen LogP contribution in [0.5, 0.6) is 0 Å². The lowest BCUT2D eigenvalue weighted by atomic mass is 10.1. The standard InChI is InChI=1S/C16H18ClN3O2/c1-20-7-6-18-16(20)15-13(5-8-22-15)19-14(21)10-11-3-2-4-12(17)9-11/h2-4,6-7,9,13,15H,5,8,10H2,1H3,(H,19,21)/t13-,15-/m0/s1. The molecular formula is C16H18ClN3O2. The van der Waals surface area contributed by atoms with E-state index < -0.39 is 0 Å². The van der Waals surface area contributed by atoms with Gasteiger partial charge < -0.3 is 14.6 Å². The number of carbonyl (C=O) groups is 1. The van der Waals surface area contributed by atoms with Crippen LogP contribution in [-0.2, 0) is 23.0 Å². The predicted octanol–water partition coefficient (Wildman–Crippen LogP) is 2.26. The van der Waals surface area contributed by atoms with Crippen LogP contribution < -0.4 is 5.32 Å². The quantitative estimate of drug-likeness (QED) is 0.940. The molecule has 2 heterocycles. The van der Waals surface area contributed by atoms with Crippen molar-refractivity contribution >= 4 is 17.5 Å². The summed E-state index contributed by atoms with van der Waals surface area (Å²) in [6.07, 6.45) is 4.52. The summed E-state index contributed by atoms with van der Waals surface area (Å²) < 4.78 is 7.66. The number of ether oxygens (including phenoxy) is 1. The van der Waals surface area contributed by atoms with Crippen molar-refractivity contribution in [2.45, 2.75) is 25.0 Å². The Morgan fingerprint density at radius 2 is 2.41 bits per heavy atom. The van der Waals surface area contributed by atoms with E-state index in [1.165, 1.54) is 0 Å². The van der Waals surface area contributed by atoms with Gasteiger partial charge in [-0.3, -0.25) is 4.79 Å². The molecule has 22 heavy (non-hydrogen) atoms. The van der Waals surface area contributed by atoms with Crippen LogP contribution in [0.2, 0.25) is 5.02 Å². The Morgan fingerprint density at radius 1 is 1.55 bits per heavy atom. The fourth-order valence-corrected chi connectivity index (χ4v) is 2.95. The second kappa shape index (κ2) is 6.50. The van der Waals surface area contributed by atoms with Crippen LogP contribution >= 0.6 is 11.6 Å². The zero-order valence-electron chi connectivity index (χ0n) is 12.3. The van der Waals surface area contributed by atoms with Gasteiger partial charge in [-0.05, 0) is 24.1 Å². The molecule has 1 aromatic heterocycles. The first-order valence-electron chi connectivity index (χ1n) is 7.26. The molecular weight excluding hydrogens is 302 g/mol. The molecule has 2 aromatic rings. The SMILES string of the molecule is Cn1ccnc1[C@H]1OCC[C@@H]1NC(=O)Cc1cccc(Cl)c1.